The van der Waals surface area contributed by atoms with Gasteiger partial charge in [0.15, 0.2) is 0 Å². The van der Waals surface area contributed by atoms with Crippen LogP contribution >= 0.6 is 0 Å². The van der Waals surface area contributed by atoms with Gasteiger partial charge in [0, 0.05) is 19.6 Å². The number of hydrogen-bond donors (Lipinski definition) is 1. The SMILES string of the molecule is O[C@@H]1CN(Cc2ccccc2)CC[C@H]1F. The normalized spacial score (nSPS) is 27.9. The highest BCUT2D eigenvalue weighted by Crippen LogP contribution is 2.16. The maximum atomic E-state index is 13.0. The van der Waals surface area contributed by atoms with Gasteiger partial charge < -0.3 is 5.11 Å². The zero-order valence-corrected chi connectivity index (χ0v) is 8.64. The Morgan fingerprint density at radius 3 is 2.73 bits per heavy atom. The minimum absolute atomic E-state index is 0.438. The Hall–Kier alpha value is -0.930. The Kier molecular flexibility index (Phi) is 3.34. The Labute approximate surface area is 89.3 Å². The van der Waals surface area contributed by atoms with Gasteiger partial charge in [0.1, 0.15) is 6.17 Å². The van der Waals surface area contributed by atoms with Gasteiger partial charge in [-0.25, -0.2) is 4.39 Å². The number of alkyl halides is 1. The van der Waals surface area contributed by atoms with Crippen LogP contribution in [-0.2, 0) is 6.54 Å². The molecule has 1 aliphatic rings. The van der Waals surface area contributed by atoms with E-state index in [0.717, 1.165) is 13.1 Å². The molecular weight excluding hydrogens is 193 g/mol. The van der Waals surface area contributed by atoms with Crippen LogP contribution in [0.4, 0.5) is 4.39 Å². The van der Waals surface area contributed by atoms with Crippen LogP contribution in [0.1, 0.15) is 12.0 Å². The van der Waals surface area contributed by atoms with E-state index in [4.69, 9.17) is 0 Å². The van der Waals surface area contributed by atoms with Crippen molar-refractivity contribution in [3.8, 4) is 0 Å². The summed E-state index contributed by atoms with van der Waals surface area (Å²) >= 11 is 0. The summed E-state index contributed by atoms with van der Waals surface area (Å²) in [5.41, 5.74) is 1.21. The zero-order valence-electron chi connectivity index (χ0n) is 8.64. The lowest BCUT2D eigenvalue weighted by Gasteiger charge is -2.32. The van der Waals surface area contributed by atoms with Crippen LogP contribution < -0.4 is 0 Å². The minimum atomic E-state index is -1.04. The molecule has 2 atom stereocenters. The molecule has 0 aromatic heterocycles. The molecule has 2 rings (SSSR count). The molecule has 0 spiro atoms. The summed E-state index contributed by atoms with van der Waals surface area (Å²) in [6.07, 6.45) is -1.42. The van der Waals surface area contributed by atoms with Crippen molar-refractivity contribution < 1.29 is 9.50 Å². The number of likely N-dealkylation sites (tertiary alicyclic amines) is 1. The first kappa shape index (κ1) is 10.6. The van der Waals surface area contributed by atoms with E-state index in [9.17, 15) is 9.50 Å². The summed E-state index contributed by atoms with van der Waals surface area (Å²) in [6, 6.07) is 10.1. The van der Waals surface area contributed by atoms with Crippen molar-refractivity contribution in [1.29, 1.82) is 0 Å². The Balaban J connectivity index is 1.91. The Bertz CT molecular complexity index is 304. The lowest BCUT2D eigenvalue weighted by molar-refractivity contribution is 0.000903. The highest BCUT2D eigenvalue weighted by molar-refractivity contribution is 5.14. The number of hydrogen-bond acceptors (Lipinski definition) is 2. The third kappa shape index (κ3) is 2.76. The van der Waals surface area contributed by atoms with Crippen LogP contribution in [0.3, 0.4) is 0 Å². The standard InChI is InChI=1S/C12H16FNO/c13-11-6-7-14(9-12(11)15)8-10-4-2-1-3-5-10/h1-5,11-12,15H,6-9H2/t11-,12-/m1/s1. The van der Waals surface area contributed by atoms with E-state index >= 15 is 0 Å². The molecule has 1 heterocycles. The van der Waals surface area contributed by atoms with E-state index in [1.165, 1.54) is 5.56 Å². The van der Waals surface area contributed by atoms with Crippen LogP contribution in [0.5, 0.6) is 0 Å². The van der Waals surface area contributed by atoms with E-state index < -0.39 is 12.3 Å². The fourth-order valence-corrected chi connectivity index (χ4v) is 1.95. The lowest BCUT2D eigenvalue weighted by atomic mass is 10.1. The number of aliphatic hydroxyl groups is 1. The number of piperidine rings is 1. The number of benzene rings is 1. The fourth-order valence-electron chi connectivity index (χ4n) is 1.95. The van der Waals surface area contributed by atoms with Gasteiger partial charge in [0.05, 0.1) is 6.10 Å². The van der Waals surface area contributed by atoms with Crippen molar-refractivity contribution in [1.82, 2.24) is 4.90 Å². The zero-order chi connectivity index (χ0) is 10.7. The number of β-amino-alcohol motifs (C(OH)–C–C–N with tert-alkyl or cyclic N) is 1. The molecule has 0 amide bonds. The topological polar surface area (TPSA) is 23.5 Å². The second kappa shape index (κ2) is 4.73. The first-order valence-corrected chi connectivity index (χ1v) is 5.34. The van der Waals surface area contributed by atoms with Crippen molar-refractivity contribution in [2.75, 3.05) is 13.1 Å². The van der Waals surface area contributed by atoms with Gasteiger partial charge in [0.2, 0.25) is 0 Å². The highest BCUT2D eigenvalue weighted by Gasteiger charge is 2.26. The average molecular weight is 209 g/mol. The molecule has 1 fully saturated rings. The molecule has 1 N–H and O–H groups in total. The number of halogens is 1. The van der Waals surface area contributed by atoms with E-state index in [1.54, 1.807) is 0 Å². The highest BCUT2D eigenvalue weighted by atomic mass is 19.1. The van der Waals surface area contributed by atoms with Crippen molar-refractivity contribution in [2.24, 2.45) is 0 Å². The van der Waals surface area contributed by atoms with Crippen LogP contribution in [0.25, 0.3) is 0 Å². The quantitative estimate of drug-likeness (QED) is 0.799. The van der Waals surface area contributed by atoms with Crippen molar-refractivity contribution in [3.05, 3.63) is 35.9 Å². The van der Waals surface area contributed by atoms with E-state index in [0.29, 0.717) is 13.0 Å². The number of nitrogens with zero attached hydrogens (tertiary/aromatic N) is 1. The van der Waals surface area contributed by atoms with E-state index in [1.807, 2.05) is 30.3 Å². The lowest BCUT2D eigenvalue weighted by Crippen LogP contribution is -2.44. The molecular formula is C12H16FNO. The maximum absolute atomic E-state index is 13.0. The second-order valence-electron chi connectivity index (χ2n) is 4.09. The number of rotatable bonds is 2. The number of aliphatic hydroxyl groups excluding tert-OH is 1. The fraction of sp³-hybridized carbons (Fsp3) is 0.500. The molecule has 3 heteroatoms. The largest absolute Gasteiger partial charge is 0.389 e. The molecule has 1 saturated heterocycles. The third-order valence-electron chi connectivity index (χ3n) is 2.83. The minimum Gasteiger partial charge on any atom is -0.389 e. The van der Waals surface area contributed by atoms with Gasteiger partial charge in [-0.05, 0) is 12.0 Å². The summed E-state index contributed by atoms with van der Waals surface area (Å²) in [5.74, 6) is 0. The van der Waals surface area contributed by atoms with Crippen molar-refractivity contribution in [2.45, 2.75) is 25.2 Å². The second-order valence-corrected chi connectivity index (χ2v) is 4.09. The molecule has 15 heavy (non-hydrogen) atoms. The monoisotopic (exact) mass is 209 g/mol. The first-order chi connectivity index (χ1) is 7.25. The molecule has 0 radical (unpaired) electrons. The van der Waals surface area contributed by atoms with Crippen molar-refractivity contribution >= 4 is 0 Å². The molecule has 1 aliphatic heterocycles. The Morgan fingerprint density at radius 1 is 1.33 bits per heavy atom. The molecule has 0 aliphatic carbocycles. The summed E-state index contributed by atoms with van der Waals surface area (Å²) in [5, 5.41) is 9.41. The maximum Gasteiger partial charge on any atom is 0.128 e. The van der Waals surface area contributed by atoms with Crippen molar-refractivity contribution in [3.63, 3.8) is 0 Å². The van der Waals surface area contributed by atoms with Crippen LogP contribution in [0, 0.1) is 0 Å². The van der Waals surface area contributed by atoms with Gasteiger partial charge in [-0.15, -0.1) is 0 Å². The summed E-state index contributed by atoms with van der Waals surface area (Å²) in [7, 11) is 0. The van der Waals surface area contributed by atoms with Gasteiger partial charge >= 0.3 is 0 Å². The molecule has 0 saturated carbocycles. The predicted octanol–water partition coefficient (Wildman–Crippen LogP) is 1.59. The van der Waals surface area contributed by atoms with Gasteiger partial charge in [-0.1, -0.05) is 30.3 Å². The molecule has 1 aromatic rings. The molecule has 2 nitrogen and oxygen atoms in total. The van der Waals surface area contributed by atoms with Crippen LogP contribution in [0.15, 0.2) is 30.3 Å². The van der Waals surface area contributed by atoms with E-state index in [-0.39, 0.29) is 0 Å². The van der Waals surface area contributed by atoms with Crippen LogP contribution in [-0.4, -0.2) is 35.4 Å². The summed E-state index contributed by atoms with van der Waals surface area (Å²) in [4.78, 5) is 2.09. The molecule has 0 unspecified atom stereocenters. The Morgan fingerprint density at radius 2 is 2.07 bits per heavy atom. The molecule has 1 aromatic carbocycles. The van der Waals surface area contributed by atoms with Crippen LogP contribution in [0.2, 0.25) is 0 Å². The smallest absolute Gasteiger partial charge is 0.128 e. The average Bonchev–Trinajstić information content (AvgIpc) is 2.25. The predicted molar refractivity (Wildman–Crippen MR) is 57.2 cm³/mol. The third-order valence-corrected chi connectivity index (χ3v) is 2.83. The van der Waals surface area contributed by atoms with Gasteiger partial charge in [-0.3, -0.25) is 4.90 Å². The summed E-state index contributed by atoms with van der Waals surface area (Å²) < 4.78 is 13.0. The summed E-state index contributed by atoms with van der Waals surface area (Å²) in [6.45, 7) is 1.97. The van der Waals surface area contributed by atoms with Gasteiger partial charge in [-0.2, -0.15) is 0 Å². The van der Waals surface area contributed by atoms with Gasteiger partial charge in [0.25, 0.3) is 0 Å². The molecule has 82 valence electrons. The first-order valence-electron chi connectivity index (χ1n) is 5.34. The van der Waals surface area contributed by atoms with E-state index in [2.05, 4.69) is 4.90 Å². The molecule has 0 bridgehead atoms.